The molecular weight excluding hydrogens is 422 g/mol. The predicted octanol–water partition coefficient (Wildman–Crippen LogP) is 4.79. The molecule has 0 spiro atoms. The Labute approximate surface area is 191 Å². The van der Waals surface area contributed by atoms with Crippen molar-refractivity contribution in [3.8, 4) is 11.5 Å². The monoisotopic (exact) mass is 447 g/mol. The average Bonchev–Trinajstić information content (AvgIpc) is 3.41. The van der Waals surface area contributed by atoms with Gasteiger partial charge in [-0.2, -0.15) is 0 Å². The molecule has 3 aromatic rings. The maximum atomic E-state index is 13.1. The number of rotatable bonds is 8. The molecule has 2 aromatic carbocycles. The van der Waals surface area contributed by atoms with E-state index in [1.54, 1.807) is 48.5 Å². The fraction of sp³-hybridized carbons (Fsp3) is 0.231. The van der Waals surface area contributed by atoms with Crippen LogP contribution < -0.4 is 4.74 Å². The number of ether oxygens (including phenoxy) is 1. The summed E-state index contributed by atoms with van der Waals surface area (Å²) in [7, 11) is 0. The number of aromatic hydroxyl groups is 1. The molecule has 0 saturated carbocycles. The van der Waals surface area contributed by atoms with E-state index < -0.39 is 17.7 Å². The highest BCUT2D eigenvalue weighted by Crippen LogP contribution is 2.41. The van der Waals surface area contributed by atoms with Crippen LogP contribution in [-0.2, 0) is 16.1 Å². The lowest BCUT2D eigenvalue weighted by molar-refractivity contribution is -0.140. The number of benzene rings is 2. The number of furan rings is 1. The molecule has 7 nitrogen and oxygen atoms in total. The van der Waals surface area contributed by atoms with Gasteiger partial charge in [0, 0.05) is 5.56 Å². The summed E-state index contributed by atoms with van der Waals surface area (Å²) in [6, 6.07) is 15.6. The van der Waals surface area contributed by atoms with E-state index in [1.165, 1.54) is 23.3 Å². The van der Waals surface area contributed by atoms with Crippen molar-refractivity contribution in [2.45, 2.75) is 32.4 Å². The maximum Gasteiger partial charge on any atom is 0.296 e. The summed E-state index contributed by atoms with van der Waals surface area (Å²) in [5.74, 6) is -0.812. The second-order valence-electron chi connectivity index (χ2n) is 7.83. The Morgan fingerprint density at radius 2 is 1.91 bits per heavy atom. The number of aliphatic hydroxyl groups excluding tert-OH is 1. The smallest absolute Gasteiger partial charge is 0.296 e. The lowest BCUT2D eigenvalue weighted by atomic mass is 9.95. The number of phenolic OH excluding ortho intramolecular Hbond substituents is 1. The van der Waals surface area contributed by atoms with E-state index in [-0.39, 0.29) is 23.6 Å². The van der Waals surface area contributed by atoms with Gasteiger partial charge in [0.15, 0.2) is 0 Å². The molecular formula is C26H25NO6. The highest BCUT2D eigenvalue weighted by atomic mass is 16.5. The highest BCUT2D eigenvalue weighted by molar-refractivity contribution is 6.46. The zero-order valence-corrected chi connectivity index (χ0v) is 18.2. The third-order valence-electron chi connectivity index (χ3n) is 5.51. The number of Topliss-reactive ketones (excluding diaryl/α,β-unsaturated/α-hetero) is 1. The number of aliphatic hydroxyl groups is 1. The molecule has 2 heterocycles. The number of carbonyl (C=O) groups excluding carboxylic acids is 2. The summed E-state index contributed by atoms with van der Waals surface area (Å²) in [5, 5.41) is 21.2. The number of carbonyl (C=O) groups is 2. The third-order valence-corrected chi connectivity index (χ3v) is 5.51. The van der Waals surface area contributed by atoms with Crippen molar-refractivity contribution in [2.24, 2.45) is 0 Å². The molecule has 1 atom stereocenters. The molecule has 0 radical (unpaired) electrons. The fourth-order valence-corrected chi connectivity index (χ4v) is 3.88. The molecule has 1 fully saturated rings. The lowest BCUT2D eigenvalue weighted by Gasteiger charge is -2.24. The first-order valence-corrected chi connectivity index (χ1v) is 10.8. The van der Waals surface area contributed by atoms with Crippen molar-refractivity contribution in [1.82, 2.24) is 4.90 Å². The first kappa shape index (κ1) is 22.2. The number of unbranched alkanes of at least 4 members (excludes halogenated alkanes) is 1. The molecule has 33 heavy (non-hydrogen) atoms. The van der Waals surface area contributed by atoms with E-state index in [9.17, 15) is 19.8 Å². The van der Waals surface area contributed by atoms with Crippen LogP contribution in [0, 0.1) is 0 Å². The van der Waals surface area contributed by atoms with E-state index in [0.29, 0.717) is 29.2 Å². The van der Waals surface area contributed by atoms with Gasteiger partial charge in [-0.05, 0) is 48.4 Å². The topological polar surface area (TPSA) is 100 Å². The van der Waals surface area contributed by atoms with Crippen LogP contribution in [0.1, 0.15) is 42.7 Å². The van der Waals surface area contributed by atoms with E-state index in [2.05, 4.69) is 6.92 Å². The summed E-state index contributed by atoms with van der Waals surface area (Å²) in [5.41, 5.74) is 0.811. The minimum absolute atomic E-state index is 0.0117. The van der Waals surface area contributed by atoms with E-state index in [0.717, 1.165) is 12.8 Å². The van der Waals surface area contributed by atoms with Crippen molar-refractivity contribution in [3.63, 3.8) is 0 Å². The zero-order chi connectivity index (χ0) is 23.4. The summed E-state index contributed by atoms with van der Waals surface area (Å²) < 4.78 is 11.1. The molecule has 7 heteroatoms. The van der Waals surface area contributed by atoms with Crippen LogP contribution in [0.15, 0.2) is 76.9 Å². The van der Waals surface area contributed by atoms with Crippen LogP contribution in [0.5, 0.6) is 11.5 Å². The van der Waals surface area contributed by atoms with Crippen LogP contribution >= 0.6 is 0 Å². The molecule has 1 aromatic heterocycles. The summed E-state index contributed by atoms with van der Waals surface area (Å²) in [4.78, 5) is 27.4. The summed E-state index contributed by atoms with van der Waals surface area (Å²) in [6.07, 6.45) is 3.37. The average molecular weight is 447 g/mol. The van der Waals surface area contributed by atoms with E-state index in [4.69, 9.17) is 9.15 Å². The Balaban J connectivity index is 1.79. The largest absolute Gasteiger partial charge is 0.508 e. The first-order chi connectivity index (χ1) is 16.0. The van der Waals surface area contributed by atoms with Gasteiger partial charge in [-0.25, -0.2) is 0 Å². The molecule has 4 rings (SSSR count). The number of ketones is 1. The Morgan fingerprint density at radius 3 is 2.64 bits per heavy atom. The lowest BCUT2D eigenvalue weighted by Crippen LogP contribution is -2.29. The van der Waals surface area contributed by atoms with Gasteiger partial charge in [0.25, 0.3) is 11.7 Å². The molecule has 1 aliphatic heterocycles. The second kappa shape index (κ2) is 9.65. The van der Waals surface area contributed by atoms with Gasteiger partial charge in [0.1, 0.15) is 23.0 Å². The quantitative estimate of drug-likeness (QED) is 0.223. The number of hydrogen-bond donors (Lipinski definition) is 2. The van der Waals surface area contributed by atoms with Gasteiger partial charge in [0.2, 0.25) is 0 Å². The molecule has 0 bridgehead atoms. The Hall–Kier alpha value is -4.00. The molecule has 2 N–H and O–H groups in total. The summed E-state index contributed by atoms with van der Waals surface area (Å²) in [6.45, 7) is 2.64. The molecule has 1 amide bonds. The zero-order valence-electron chi connectivity index (χ0n) is 18.2. The van der Waals surface area contributed by atoms with Crippen LogP contribution in [0.3, 0.4) is 0 Å². The molecule has 170 valence electrons. The van der Waals surface area contributed by atoms with Gasteiger partial charge in [-0.15, -0.1) is 0 Å². The standard InChI is InChI=1S/C26H25NO6/c1-2-3-12-32-20-10-5-8-18(15-20)24(29)22-23(17-7-4-9-19(28)14-17)27(26(31)25(22)30)16-21-11-6-13-33-21/h4-11,13-15,23,28-29H,2-3,12,16H2,1H3. The minimum Gasteiger partial charge on any atom is -0.508 e. The van der Waals surface area contributed by atoms with Gasteiger partial charge in [-0.1, -0.05) is 37.6 Å². The number of nitrogens with zero attached hydrogens (tertiary/aromatic N) is 1. The molecule has 1 aliphatic rings. The first-order valence-electron chi connectivity index (χ1n) is 10.8. The minimum atomic E-state index is -0.896. The fourth-order valence-electron chi connectivity index (χ4n) is 3.88. The van der Waals surface area contributed by atoms with Crippen LogP contribution in [0.4, 0.5) is 0 Å². The van der Waals surface area contributed by atoms with Gasteiger partial charge in [0.05, 0.1) is 31.0 Å². The third kappa shape index (κ3) is 4.62. The number of likely N-dealkylation sites (tertiary alicyclic amines) is 1. The Morgan fingerprint density at radius 1 is 1.09 bits per heavy atom. The highest BCUT2D eigenvalue weighted by Gasteiger charge is 2.46. The number of amides is 1. The van der Waals surface area contributed by atoms with Crippen molar-refractivity contribution >= 4 is 17.4 Å². The van der Waals surface area contributed by atoms with Crippen molar-refractivity contribution in [1.29, 1.82) is 0 Å². The van der Waals surface area contributed by atoms with E-state index >= 15 is 0 Å². The van der Waals surface area contributed by atoms with Gasteiger partial charge >= 0.3 is 0 Å². The molecule has 1 unspecified atom stereocenters. The number of hydrogen-bond acceptors (Lipinski definition) is 6. The van der Waals surface area contributed by atoms with Crippen molar-refractivity contribution in [2.75, 3.05) is 6.61 Å². The second-order valence-corrected chi connectivity index (χ2v) is 7.83. The Kier molecular flexibility index (Phi) is 6.49. The SMILES string of the molecule is CCCCOc1cccc(C(O)=C2C(=O)C(=O)N(Cc3ccco3)C2c2cccc(O)c2)c1. The van der Waals surface area contributed by atoms with E-state index in [1.807, 2.05) is 0 Å². The normalized spacial score (nSPS) is 17.5. The van der Waals surface area contributed by atoms with Crippen LogP contribution in [0.25, 0.3) is 5.76 Å². The van der Waals surface area contributed by atoms with Crippen molar-refractivity contribution in [3.05, 3.63) is 89.4 Å². The molecule has 1 saturated heterocycles. The maximum absolute atomic E-state index is 13.1. The molecule has 0 aliphatic carbocycles. The van der Waals surface area contributed by atoms with Gasteiger partial charge < -0.3 is 24.3 Å². The van der Waals surface area contributed by atoms with Crippen molar-refractivity contribution < 1.29 is 29.0 Å². The van der Waals surface area contributed by atoms with Gasteiger partial charge in [-0.3, -0.25) is 9.59 Å². The predicted molar refractivity (Wildman–Crippen MR) is 122 cm³/mol. The van der Waals surface area contributed by atoms with Crippen LogP contribution in [-0.4, -0.2) is 33.4 Å². The summed E-state index contributed by atoms with van der Waals surface area (Å²) >= 11 is 0. The van der Waals surface area contributed by atoms with Crippen LogP contribution in [0.2, 0.25) is 0 Å². The number of phenols is 1. The Bertz CT molecular complexity index is 1180.